The number of carbonyl (C=O) groups excluding carboxylic acids is 2. The molecule has 6 heteroatoms. The van der Waals surface area contributed by atoms with Crippen LogP contribution >= 0.6 is 0 Å². The molecule has 6 nitrogen and oxygen atoms in total. The molecule has 0 spiro atoms. The van der Waals surface area contributed by atoms with Gasteiger partial charge in [0.2, 0.25) is 5.91 Å². The van der Waals surface area contributed by atoms with Gasteiger partial charge in [-0.25, -0.2) is 0 Å². The summed E-state index contributed by atoms with van der Waals surface area (Å²) in [5, 5.41) is 15.6. The largest absolute Gasteiger partial charge is 0.506 e. The second-order valence-corrected chi connectivity index (χ2v) is 7.23. The molecule has 2 rings (SSSR count). The zero-order valence-corrected chi connectivity index (χ0v) is 17.0. The van der Waals surface area contributed by atoms with E-state index < -0.39 is 0 Å². The highest BCUT2D eigenvalue weighted by atomic mass is 16.3. The number of hydrogen-bond donors (Lipinski definition) is 4. The standard InChI is InChI=1S/C23H31N3O3/c1-2-3-4-5-6-7-8-9-22(28)25-19-14-15-20(21(27)16-19)26-23(29)17-10-12-18(24)13-11-17/h10-16,27H,2-9,24H2,1H3,(H,25,28)(H,26,29). The molecule has 0 aliphatic rings. The van der Waals surface area contributed by atoms with Gasteiger partial charge in [0.25, 0.3) is 5.91 Å². The van der Waals surface area contributed by atoms with Crippen molar-refractivity contribution in [3.63, 3.8) is 0 Å². The van der Waals surface area contributed by atoms with E-state index in [0.29, 0.717) is 23.4 Å². The first kappa shape index (κ1) is 22.3. The number of phenolic OH excluding ortho intramolecular Hbond substituents is 1. The molecule has 0 aliphatic carbocycles. The van der Waals surface area contributed by atoms with Gasteiger partial charge in [-0.05, 0) is 42.8 Å². The lowest BCUT2D eigenvalue weighted by molar-refractivity contribution is -0.116. The molecule has 0 aliphatic heterocycles. The van der Waals surface area contributed by atoms with Crippen molar-refractivity contribution in [2.45, 2.75) is 58.3 Å². The van der Waals surface area contributed by atoms with E-state index in [0.717, 1.165) is 19.3 Å². The quantitative estimate of drug-likeness (QED) is 0.234. The highest BCUT2D eigenvalue weighted by Crippen LogP contribution is 2.27. The third-order valence-corrected chi connectivity index (χ3v) is 4.71. The van der Waals surface area contributed by atoms with Gasteiger partial charge >= 0.3 is 0 Å². The SMILES string of the molecule is CCCCCCCCCC(=O)Nc1ccc(NC(=O)c2ccc(N)cc2)c(O)c1. The minimum absolute atomic E-state index is 0.0726. The fourth-order valence-electron chi connectivity index (χ4n) is 3.01. The van der Waals surface area contributed by atoms with E-state index in [1.54, 1.807) is 36.4 Å². The molecular weight excluding hydrogens is 366 g/mol. The minimum atomic E-state index is -0.351. The lowest BCUT2D eigenvalue weighted by Crippen LogP contribution is -2.13. The molecule has 156 valence electrons. The number of nitrogen functional groups attached to an aromatic ring is 1. The van der Waals surface area contributed by atoms with Crippen LogP contribution in [0.5, 0.6) is 5.75 Å². The Morgan fingerprint density at radius 2 is 1.55 bits per heavy atom. The van der Waals surface area contributed by atoms with Gasteiger partial charge in [-0.2, -0.15) is 0 Å². The van der Waals surface area contributed by atoms with Crippen molar-refractivity contribution in [2.24, 2.45) is 0 Å². The first-order chi connectivity index (χ1) is 14.0. The number of phenols is 1. The van der Waals surface area contributed by atoms with Crippen molar-refractivity contribution in [3.05, 3.63) is 48.0 Å². The molecular formula is C23H31N3O3. The normalized spacial score (nSPS) is 10.5. The van der Waals surface area contributed by atoms with E-state index >= 15 is 0 Å². The molecule has 5 N–H and O–H groups in total. The highest BCUT2D eigenvalue weighted by molar-refractivity contribution is 6.05. The number of rotatable bonds is 11. The maximum atomic E-state index is 12.2. The maximum absolute atomic E-state index is 12.2. The topological polar surface area (TPSA) is 104 Å². The first-order valence-corrected chi connectivity index (χ1v) is 10.3. The van der Waals surface area contributed by atoms with E-state index in [-0.39, 0.29) is 23.3 Å². The highest BCUT2D eigenvalue weighted by Gasteiger charge is 2.10. The summed E-state index contributed by atoms with van der Waals surface area (Å²) in [5.74, 6) is -0.532. The van der Waals surface area contributed by atoms with Gasteiger partial charge < -0.3 is 21.5 Å². The Hall–Kier alpha value is -3.02. The Morgan fingerprint density at radius 3 is 2.21 bits per heavy atom. The summed E-state index contributed by atoms with van der Waals surface area (Å²) in [6.45, 7) is 2.20. The lowest BCUT2D eigenvalue weighted by Gasteiger charge is -2.10. The number of aromatic hydroxyl groups is 1. The number of amides is 2. The Balaban J connectivity index is 1.79. The lowest BCUT2D eigenvalue weighted by atomic mass is 10.1. The summed E-state index contributed by atoms with van der Waals surface area (Å²) in [6, 6.07) is 11.1. The summed E-state index contributed by atoms with van der Waals surface area (Å²) in [7, 11) is 0. The summed E-state index contributed by atoms with van der Waals surface area (Å²) in [5.41, 5.74) is 7.40. The number of nitrogens with one attached hydrogen (secondary N) is 2. The third kappa shape index (κ3) is 7.86. The van der Waals surface area contributed by atoms with E-state index in [9.17, 15) is 14.7 Å². The summed E-state index contributed by atoms with van der Waals surface area (Å²) >= 11 is 0. The second kappa shape index (κ2) is 11.7. The van der Waals surface area contributed by atoms with Crippen molar-refractivity contribution in [1.29, 1.82) is 0 Å². The molecule has 2 aromatic carbocycles. The maximum Gasteiger partial charge on any atom is 0.255 e. The van der Waals surface area contributed by atoms with Gasteiger partial charge in [0.15, 0.2) is 0 Å². The Bertz CT molecular complexity index is 804. The fraction of sp³-hybridized carbons (Fsp3) is 0.391. The Kier molecular flexibility index (Phi) is 9.02. The number of benzene rings is 2. The zero-order valence-electron chi connectivity index (χ0n) is 17.0. The van der Waals surface area contributed by atoms with Gasteiger partial charge in [-0.3, -0.25) is 9.59 Å². The summed E-state index contributed by atoms with van der Waals surface area (Å²) in [6.07, 6.45) is 8.55. The first-order valence-electron chi connectivity index (χ1n) is 10.3. The molecule has 29 heavy (non-hydrogen) atoms. The number of anilines is 3. The zero-order chi connectivity index (χ0) is 21.1. The van der Waals surface area contributed by atoms with Gasteiger partial charge in [0.1, 0.15) is 5.75 Å². The van der Waals surface area contributed by atoms with Crippen LogP contribution in [-0.2, 0) is 4.79 Å². The van der Waals surface area contributed by atoms with E-state index in [4.69, 9.17) is 5.73 Å². The van der Waals surface area contributed by atoms with Gasteiger partial charge in [-0.15, -0.1) is 0 Å². The van der Waals surface area contributed by atoms with Crippen LogP contribution in [0.1, 0.15) is 68.6 Å². The molecule has 0 heterocycles. The van der Waals surface area contributed by atoms with Crippen LogP contribution in [0.15, 0.2) is 42.5 Å². The molecule has 2 amide bonds. The molecule has 0 atom stereocenters. The van der Waals surface area contributed by atoms with Crippen LogP contribution in [0.2, 0.25) is 0 Å². The van der Waals surface area contributed by atoms with Crippen molar-refractivity contribution in [1.82, 2.24) is 0 Å². The van der Waals surface area contributed by atoms with Crippen LogP contribution in [0.25, 0.3) is 0 Å². The fourth-order valence-corrected chi connectivity index (χ4v) is 3.01. The number of unbranched alkanes of at least 4 members (excludes halogenated alkanes) is 6. The Morgan fingerprint density at radius 1 is 0.897 bits per heavy atom. The van der Waals surface area contributed by atoms with Gasteiger partial charge in [-0.1, -0.05) is 45.4 Å². The predicted molar refractivity (Wildman–Crippen MR) is 118 cm³/mol. The average Bonchev–Trinajstić information content (AvgIpc) is 2.70. The third-order valence-electron chi connectivity index (χ3n) is 4.71. The van der Waals surface area contributed by atoms with Crippen molar-refractivity contribution >= 4 is 28.9 Å². The molecule has 0 fully saturated rings. The monoisotopic (exact) mass is 397 g/mol. The van der Waals surface area contributed by atoms with Crippen molar-refractivity contribution in [3.8, 4) is 5.75 Å². The summed E-state index contributed by atoms with van der Waals surface area (Å²) < 4.78 is 0. The predicted octanol–water partition coefficient (Wildman–Crippen LogP) is 5.31. The van der Waals surface area contributed by atoms with E-state index in [2.05, 4.69) is 17.6 Å². The van der Waals surface area contributed by atoms with Crippen molar-refractivity contribution in [2.75, 3.05) is 16.4 Å². The number of carbonyl (C=O) groups is 2. The van der Waals surface area contributed by atoms with Crippen LogP contribution in [0.3, 0.4) is 0 Å². The van der Waals surface area contributed by atoms with E-state index in [1.165, 1.54) is 31.7 Å². The van der Waals surface area contributed by atoms with Crippen LogP contribution < -0.4 is 16.4 Å². The smallest absolute Gasteiger partial charge is 0.255 e. The molecule has 0 aromatic heterocycles. The van der Waals surface area contributed by atoms with Crippen LogP contribution in [0.4, 0.5) is 17.1 Å². The van der Waals surface area contributed by atoms with Gasteiger partial charge in [0.05, 0.1) is 5.69 Å². The van der Waals surface area contributed by atoms with Crippen LogP contribution in [0, 0.1) is 0 Å². The average molecular weight is 398 g/mol. The van der Waals surface area contributed by atoms with Gasteiger partial charge in [0, 0.05) is 29.4 Å². The Labute approximate surface area is 172 Å². The molecule has 0 bridgehead atoms. The summed E-state index contributed by atoms with van der Waals surface area (Å²) in [4.78, 5) is 24.3. The molecule has 0 saturated carbocycles. The number of hydrogen-bond acceptors (Lipinski definition) is 4. The number of nitrogens with two attached hydrogens (primary N) is 1. The van der Waals surface area contributed by atoms with Crippen molar-refractivity contribution < 1.29 is 14.7 Å². The molecule has 0 radical (unpaired) electrons. The minimum Gasteiger partial charge on any atom is -0.506 e. The molecule has 0 saturated heterocycles. The van der Waals surface area contributed by atoms with E-state index in [1.807, 2.05) is 0 Å². The second-order valence-electron chi connectivity index (χ2n) is 7.23. The van der Waals surface area contributed by atoms with Crippen LogP contribution in [-0.4, -0.2) is 16.9 Å². The molecule has 2 aromatic rings. The molecule has 0 unspecified atom stereocenters.